The van der Waals surface area contributed by atoms with E-state index in [-0.39, 0.29) is 5.75 Å². The van der Waals surface area contributed by atoms with Crippen molar-refractivity contribution in [2.45, 2.75) is 12.8 Å². The first-order chi connectivity index (χ1) is 8.22. The number of ether oxygens (including phenoxy) is 2. The van der Waals surface area contributed by atoms with Crippen molar-refractivity contribution in [3.8, 4) is 17.2 Å². The number of methoxy groups -OCH3 is 1. The highest BCUT2D eigenvalue weighted by molar-refractivity contribution is 5.59. The zero-order chi connectivity index (χ0) is 12.0. The van der Waals surface area contributed by atoms with Crippen LogP contribution in [-0.4, -0.2) is 31.9 Å². The molecule has 1 fully saturated rings. The number of phenolic OH excluding ortho intramolecular Hbond substituents is 1. The number of fused-ring (bicyclic) bond motifs is 3. The van der Waals surface area contributed by atoms with Crippen molar-refractivity contribution in [1.29, 1.82) is 0 Å². The molecule has 2 atom stereocenters. The molecule has 0 spiro atoms. The summed E-state index contributed by atoms with van der Waals surface area (Å²) in [7, 11) is 1.63. The maximum absolute atomic E-state index is 10.1. The van der Waals surface area contributed by atoms with Crippen LogP contribution in [0.25, 0.3) is 0 Å². The monoisotopic (exact) mass is 235 g/mol. The van der Waals surface area contributed by atoms with Gasteiger partial charge in [0.25, 0.3) is 0 Å². The Balaban J connectivity index is 2.14. The first kappa shape index (κ1) is 10.7. The molecule has 1 aromatic carbocycles. The lowest BCUT2D eigenvalue weighted by atomic mass is 9.86. The Labute approximate surface area is 101 Å². The van der Waals surface area contributed by atoms with E-state index in [0.29, 0.717) is 24.2 Å². The summed E-state index contributed by atoms with van der Waals surface area (Å²) in [5.41, 5.74) is 1.82. The molecule has 2 N–H and O–H groups in total. The largest absolute Gasteiger partial charge is 0.504 e. The van der Waals surface area contributed by atoms with Crippen LogP contribution in [0.5, 0.6) is 17.2 Å². The molecule has 92 valence electrons. The van der Waals surface area contributed by atoms with Gasteiger partial charge >= 0.3 is 0 Å². The second-order valence-electron chi connectivity index (χ2n) is 4.81. The van der Waals surface area contributed by atoms with Gasteiger partial charge in [0, 0.05) is 36.1 Å². The van der Waals surface area contributed by atoms with Crippen molar-refractivity contribution >= 4 is 0 Å². The zero-order valence-electron chi connectivity index (χ0n) is 10.1. The van der Waals surface area contributed by atoms with Gasteiger partial charge < -0.3 is 19.9 Å². The van der Waals surface area contributed by atoms with Crippen LogP contribution >= 0.6 is 0 Å². The number of hydrogen-bond donors (Lipinski definition) is 2. The summed E-state index contributed by atoms with van der Waals surface area (Å²) >= 11 is 0. The highest BCUT2D eigenvalue weighted by Gasteiger charge is 2.37. The minimum absolute atomic E-state index is 0.227. The molecule has 2 heterocycles. The van der Waals surface area contributed by atoms with Gasteiger partial charge in [0.1, 0.15) is 5.75 Å². The predicted octanol–water partition coefficient (Wildman–Crippen LogP) is 1.40. The minimum Gasteiger partial charge on any atom is -0.504 e. The minimum atomic E-state index is 0.227. The SMILES string of the molecule is COc1cc2c(c(O)c1C)OCC1CNCC21. The first-order valence-electron chi connectivity index (χ1n) is 5.96. The predicted molar refractivity (Wildman–Crippen MR) is 64.0 cm³/mol. The van der Waals surface area contributed by atoms with E-state index in [4.69, 9.17) is 9.47 Å². The Morgan fingerprint density at radius 1 is 1.47 bits per heavy atom. The van der Waals surface area contributed by atoms with Gasteiger partial charge in [0.2, 0.25) is 0 Å². The molecule has 2 unspecified atom stereocenters. The summed E-state index contributed by atoms with van der Waals surface area (Å²) in [6, 6.07) is 2.01. The second-order valence-corrected chi connectivity index (χ2v) is 4.81. The summed E-state index contributed by atoms with van der Waals surface area (Å²) in [6.07, 6.45) is 0. The molecule has 0 radical (unpaired) electrons. The van der Waals surface area contributed by atoms with Crippen molar-refractivity contribution < 1.29 is 14.6 Å². The molecule has 4 heteroatoms. The summed E-state index contributed by atoms with van der Waals surface area (Å²) in [5, 5.41) is 13.5. The maximum atomic E-state index is 10.1. The highest BCUT2D eigenvalue weighted by Crippen LogP contribution is 2.47. The van der Waals surface area contributed by atoms with Gasteiger partial charge in [-0.25, -0.2) is 0 Å². The molecule has 3 rings (SSSR count). The van der Waals surface area contributed by atoms with Crippen LogP contribution in [0.2, 0.25) is 0 Å². The average Bonchev–Trinajstić information content (AvgIpc) is 2.81. The third-order valence-electron chi connectivity index (χ3n) is 3.89. The Bertz CT molecular complexity index is 458. The molecule has 2 aliphatic rings. The number of phenols is 1. The van der Waals surface area contributed by atoms with E-state index in [1.807, 2.05) is 13.0 Å². The Hall–Kier alpha value is -1.42. The molecule has 0 bridgehead atoms. The van der Waals surface area contributed by atoms with E-state index in [1.54, 1.807) is 7.11 Å². The van der Waals surface area contributed by atoms with Crippen molar-refractivity contribution in [2.75, 3.05) is 26.8 Å². The van der Waals surface area contributed by atoms with Gasteiger partial charge in [-0.2, -0.15) is 0 Å². The summed E-state index contributed by atoms with van der Waals surface area (Å²) in [4.78, 5) is 0. The van der Waals surface area contributed by atoms with Crippen LogP contribution < -0.4 is 14.8 Å². The van der Waals surface area contributed by atoms with Gasteiger partial charge in [-0.15, -0.1) is 0 Å². The van der Waals surface area contributed by atoms with Crippen LogP contribution in [0.1, 0.15) is 17.0 Å². The normalized spacial score (nSPS) is 26.0. The molecule has 17 heavy (non-hydrogen) atoms. The molecule has 2 aliphatic heterocycles. The van der Waals surface area contributed by atoms with Crippen molar-refractivity contribution in [1.82, 2.24) is 5.32 Å². The van der Waals surface area contributed by atoms with Crippen molar-refractivity contribution in [3.05, 3.63) is 17.2 Å². The molecular formula is C13H17NO3. The molecule has 4 nitrogen and oxygen atoms in total. The lowest BCUT2D eigenvalue weighted by Gasteiger charge is -2.29. The molecule has 0 aromatic heterocycles. The van der Waals surface area contributed by atoms with E-state index >= 15 is 0 Å². The van der Waals surface area contributed by atoms with Gasteiger partial charge in [0.05, 0.1) is 13.7 Å². The second kappa shape index (κ2) is 3.81. The van der Waals surface area contributed by atoms with Crippen LogP contribution in [0, 0.1) is 12.8 Å². The summed E-state index contributed by atoms with van der Waals surface area (Å²) in [6.45, 7) is 4.47. The number of benzene rings is 1. The van der Waals surface area contributed by atoms with E-state index in [2.05, 4.69) is 5.32 Å². The van der Waals surface area contributed by atoms with E-state index in [1.165, 1.54) is 0 Å². The van der Waals surface area contributed by atoms with Crippen LogP contribution in [0.3, 0.4) is 0 Å². The van der Waals surface area contributed by atoms with Crippen LogP contribution in [0.4, 0.5) is 0 Å². The first-order valence-corrected chi connectivity index (χ1v) is 5.96. The fraction of sp³-hybridized carbons (Fsp3) is 0.538. The van der Waals surface area contributed by atoms with Crippen molar-refractivity contribution in [2.24, 2.45) is 5.92 Å². The molecule has 0 amide bonds. The van der Waals surface area contributed by atoms with E-state index < -0.39 is 0 Å². The standard InChI is InChI=1S/C13H17NO3/c1-7-11(16-2)3-9-10-5-14-4-8(10)6-17-13(9)12(7)15/h3,8,10,14-15H,4-6H2,1-2H3. The van der Waals surface area contributed by atoms with Gasteiger partial charge in [-0.1, -0.05) is 0 Å². The Morgan fingerprint density at radius 3 is 3.06 bits per heavy atom. The lowest BCUT2D eigenvalue weighted by Crippen LogP contribution is -2.25. The van der Waals surface area contributed by atoms with Crippen molar-refractivity contribution in [3.63, 3.8) is 0 Å². The fourth-order valence-corrected chi connectivity index (χ4v) is 2.84. The topological polar surface area (TPSA) is 50.7 Å². The molecule has 1 aromatic rings. The fourth-order valence-electron chi connectivity index (χ4n) is 2.84. The zero-order valence-corrected chi connectivity index (χ0v) is 10.1. The summed E-state index contributed by atoms with van der Waals surface area (Å²) in [5.74, 6) is 2.55. The third kappa shape index (κ3) is 1.47. The number of hydrogen-bond acceptors (Lipinski definition) is 4. The third-order valence-corrected chi connectivity index (χ3v) is 3.89. The smallest absolute Gasteiger partial charge is 0.165 e. The van der Waals surface area contributed by atoms with Gasteiger partial charge in [0.15, 0.2) is 11.5 Å². The average molecular weight is 235 g/mol. The Morgan fingerprint density at radius 2 is 2.29 bits per heavy atom. The van der Waals surface area contributed by atoms with E-state index in [0.717, 1.165) is 30.0 Å². The maximum Gasteiger partial charge on any atom is 0.165 e. The number of aromatic hydroxyl groups is 1. The highest BCUT2D eigenvalue weighted by atomic mass is 16.5. The molecule has 0 saturated carbocycles. The Kier molecular flexibility index (Phi) is 2.40. The van der Waals surface area contributed by atoms with Gasteiger partial charge in [-0.3, -0.25) is 0 Å². The molecular weight excluding hydrogens is 218 g/mol. The number of rotatable bonds is 1. The van der Waals surface area contributed by atoms with E-state index in [9.17, 15) is 5.11 Å². The van der Waals surface area contributed by atoms with Crippen LogP contribution in [0.15, 0.2) is 6.07 Å². The summed E-state index contributed by atoms with van der Waals surface area (Å²) < 4.78 is 11.0. The van der Waals surface area contributed by atoms with Crippen LogP contribution in [-0.2, 0) is 0 Å². The quantitative estimate of drug-likeness (QED) is 0.772. The van der Waals surface area contributed by atoms with Gasteiger partial charge in [-0.05, 0) is 13.0 Å². The molecule has 1 saturated heterocycles. The lowest BCUT2D eigenvalue weighted by molar-refractivity contribution is 0.209. The molecule has 0 aliphatic carbocycles. The number of nitrogens with one attached hydrogen (secondary N) is 1.